The Morgan fingerprint density at radius 3 is 2.78 bits per heavy atom. The molecule has 0 atom stereocenters. The maximum atomic E-state index is 11.7. The van der Waals surface area contributed by atoms with Crippen LogP contribution in [0, 0.1) is 0 Å². The molecule has 0 spiro atoms. The van der Waals surface area contributed by atoms with Gasteiger partial charge in [-0.05, 0) is 32.0 Å². The Labute approximate surface area is 110 Å². The van der Waals surface area contributed by atoms with E-state index in [4.69, 9.17) is 16.3 Å². The van der Waals surface area contributed by atoms with Crippen LogP contribution in [-0.4, -0.2) is 24.2 Å². The standard InChI is InChI=1S/C12H13ClN2O3/c1-3-18-12(17)8(2)14-15-11(16)9-5-4-6-10(13)7-9/h4-7H,3H2,1-2H3,(H,15,16)/b14-8+. The third-order valence-electron chi connectivity index (χ3n) is 1.98. The summed E-state index contributed by atoms with van der Waals surface area (Å²) >= 11 is 5.75. The molecule has 0 aliphatic heterocycles. The third kappa shape index (κ3) is 4.18. The summed E-state index contributed by atoms with van der Waals surface area (Å²) in [7, 11) is 0. The number of nitrogens with one attached hydrogen (secondary N) is 1. The van der Waals surface area contributed by atoms with E-state index in [1.165, 1.54) is 13.0 Å². The molecule has 18 heavy (non-hydrogen) atoms. The van der Waals surface area contributed by atoms with Gasteiger partial charge in [-0.3, -0.25) is 4.79 Å². The fourth-order valence-electron chi connectivity index (χ4n) is 1.11. The minimum Gasteiger partial charge on any atom is -0.461 e. The molecule has 0 aromatic heterocycles. The van der Waals surface area contributed by atoms with Gasteiger partial charge in [-0.25, -0.2) is 10.2 Å². The van der Waals surface area contributed by atoms with Crippen LogP contribution in [0.3, 0.4) is 0 Å². The molecule has 0 unspecified atom stereocenters. The van der Waals surface area contributed by atoms with E-state index in [2.05, 4.69) is 10.5 Å². The highest BCUT2D eigenvalue weighted by atomic mass is 35.5. The summed E-state index contributed by atoms with van der Waals surface area (Å²) in [5.74, 6) is -1.01. The number of halogens is 1. The fourth-order valence-corrected chi connectivity index (χ4v) is 1.30. The van der Waals surface area contributed by atoms with Crippen molar-refractivity contribution in [3.8, 4) is 0 Å². The number of benzene rings is 1. The Morgan fingerprint density at radius 1 is 1.44 bits per heavy atom. The van der Waals surface area contributed by atoms with Crippen molar-refractivity contribution < 1.29 is 14.3 Å². The molecule has 6 heteroatoms. The zero-order valence-electron chi connectivity index (χ0n) is 10.1. The van der Waals surface area contributed by atoms with Crippen molar-refractivity contribution in [2.75, 3.05) is 6.61 Å². The Balaban J connectivity index is 2.66. The summed E-state index contributed by atoms with van der Waals surface area (Å²) in [6.45, 7) is 3.40. The molecule has 5 nitrogen and oxygen atoms in total. The first kappa shape index (κ1) is 14.2. The number of ether oxygens (including phenoxy) is 1. The second kappa shape index (κ2) is 6.76. The molecule has 0 bridgehead atoms. The quantitative estimate of drug-likeness (QED) is 0.516. The van der Waals surface area contributed by atoms with Crippen LogP contribution in [0.5, 0.6) is 0 Å². The molecule has 0 radical (unpaired) electrons. The van der Waals surface area contributed by atoms with Crippen LogP contribution in [-0.2, 0) is 9.53 Å². The number of nitrogens with zero attached hydrogens (tertiary/aromatic N) is 1. The monoisotopic (exact) mass is 268 g/mol. The molecule has 0 aliphatic rings. The van der Waals surface area contributed by atoms with Gasteiger partial charge in [0, 0.05) is 10.6 Å². The first-order chi connectivity index (χ1) is 8.54. The Morgan fingerprint density at radius 2 is 2.17 bits per heavy atom. The molecule has 1 N–H and O–H groups in total. The van der Waals surface area contributed by atoms with Crippen molar-refractivity contribution in [2.45, 2.75) is 13.8 Å². The highest BCUT2D eigenvalue weighted by Crippen LogP contribution is 2.10. The Kier molecular flexibility index (Phi) is 5.32. The molecular formula is C12H13ClN2O3. The van der Waals surface area contributed by atoms with Gasteiger partial charge >= 0.3 is 5.97 Å². The van der Waals surface area contributed by atoms with E-state index in [9.17, 15) is 9.59 Å². The molecule has 0 aliphatic carbocycles. The summed E-state index contributed by atoms with van der Waals surface area (Å²) < 4.78 is 4.72. The van der Waals surface area contributed by atoms with Crippen LogP contribution in [0.4, 0.5) is 0 Å². The van der Waals surface area contributed by atoms with Crippen LogP contribution in [0.1, 0.15) is 24.2 Å². The first-order valence-corrected chi connectivity index (χ1v) is 5.69. The van der Waals surface area contributed by atoms with E-state index in [1.54, 1.807) is 25.1 Å². The average Bonchev–Trinajstić information content (AvgIpc) is 2.35. The van der Waals surface area contributed by atoms with Crippen molar-refractivity contribution in [2.24, 2.45) is 5.10 Å². The molecule has 0 saturated heterocycles. The molecule has 0 saturated carbocycles. The third-order valence-corrected chi connectivity index (χ3v) is 2.22. The summed E-state index contributed by atoms with van der Waals surface area (Å²) in [4.78, 5) is 22.9. The van der Waals surface area contributed by atoms with Gasteiger partial charge in [-0.2, -0.15) is 5.10 Å². The van der Waals surface area contributed by atoms with Crippen molar-refractivity contribution in [1.29, 1.82) is 0 Å². The summed E-state index contributed by atoms with van der Waals surface area (Å²) in [6, 6.07) is 6.41. The minimum atomic E-state index is -0.566. The number of carbonyl (C=O) groups is 2. The van der Waals surface area contributed by atoms with Gasteiger partial charge in [-0.15, -0.1) is 0 Å². The lowest BCUT2D eigenvalue weighted by Gasteiger charge is -2.02. The Bertz CT molecular complexity index is 486. The molecule has 1 aromatic carbocycles. The Hall–Kier alpha value is -1.88. The largest absolute Gasteiger partial charge is 0.461 e. The lowest BCUT2D eigenvalue weighted by Crippen LogP contribution is -2.23. The van der Waals surface area contributed by atoms with Gasteiger partial charge in [0.1, 0.15) is 5.71 Å². The SMILES string of the molecule is CCOC(=O)/C(C)=N/NC(=O)c1cccc(Cl)c1. The summed E-state index contributed by atoms with van der Waals surface area (Å²) in [5, 5.41) is 4.10. The number of amides is 1. The number of rotatable bonds is 4. The van der Waals surface area contributed by atoms with E-state index in [0.717, 1.165) is 0 Å². The topological polar surface area (TPSA) is 67.8 Å². The van der Waals surface area contributed by atoms with E-state index in [-0.39, 0.29) is 12.3 Å². The molecular weight excluding hydrogens is 256 g/mol. The van der Waals surface area contributed by atoms with Crippen molar-refractivity contribution in [3.05, 3.63) is 34.9 Å². The number of esters is 1. The van der Waals surface area contributed by atoms with Crippen LogP contribution < -0.4 is 5.43 Å². The number of carbonyl (C=O) groups excluding carboxylic acids is 2. The average molecular weight is 269 g/mol. The second-order valence-corrected chi connectivity index (χ2v) is 3.81. The first-order valence-electron chi connectivity index (χ1n) is 5.32. The van der Waals surface area contributed by atoms with Crippen molar-refractivity contribution in [1.82, 2.24) is 5.43 Å². The van der Waals surface area contributed by atoms with E-state index in [0.29, 0.717) is 10.6 Å². The number of hydrogen-bond acceptors (Lipinski definition) is 4. The van der Waals surface area contributed by atoms with E-state index < -0.39 is 11.9 Å². The highest BCUT2D eigenvalue weighted by molar-refractivity contribution is 6.35. The lowest BCUT2D eigenvalue weighted by molar-refractivity contribution is -0.135. The van der Waals surface area contributed by atoms with Crippen LogP contribution in [0.15, 0.2) is 29.4 Å². The van der Waals surface area contributed by atoms with Crippen molar-refractivity contribution >= 4 is 29.2 Å². The molecule has 0 fully saturated rings. The zero-order valence-corrected chi connectivity index (χ0v) is 10.8. The maximum absolute atomic E-state index is 11.7. The summed E-state index contributed by atoms with van der Waals surface area (Å²) in [5.41, 5.74) is 2.69. The molecule has 96 valence electrons. The van der Waals surface area contributed by atoms with Crippen LogP contribution >= 0.6 is 11.6 Å². The minimum absolute atomic E-state index is 0.0761. The number of hydrogen-bond donors (Lipinski definition) is 1. The zero-order chi connectivity index (χ0) is 13.5. The van der Waals surface area contributed by atoms with Gasteiger partial charge in [0.25, 0.3) is 5.91 Å². The molecule has 1 aromatic rings. The number of hydrazone groups is 1. The maximum Gasteiger partial charge on any atom is 0.354 e. The van der Waals surface area contributed by atoms with Crippen LogP contribution in [0.2, 0.25) is 5.02 Å². The normalized spacial score (nSPS) is 10.9. The van der Waals surface area contributed by atoms with Gasteiger partial charge in [0.2, 0.25) is 0 Å². The molecule has 0 heterocycles. The second-order valence-electron chi connectivity index (χ2n) is 3.37. The van der Waals surface area contributed by atoms with E-state index in [1.807, 2.05) is 0 Å². The van der Waals surface area contributed by atoms with Gasteiger partial charge in [0.15, 0.2) is 0 Å². The summed E-state index contributed by atoms with van der Waals surface area (Å²) in [6.07, 6.45) is 0. The predicted molar refractivity (Wildman–Crippen MR) is 68.7 cm³/mol. The van der Waals surface area contributed by atoms with Crippen LogP contribution in [0.25, 0.3) is 0 Å². The van der Waals surface area contributed by atoms with Gasteiger partial charge in [0.05, 0.1) is 6.61 Å². The lowest BCUT2D eigenvalue weighted by atomic mass is 10.2. The van der Waals surface area contributed by atoms with Crippen molar-refractivity contribution in [3.63, 3.8) is 0 Å². The van der Waals surface area contributed by atoms with Gasteiger partial charge in [-0.1, -0.05) is 17.7 Å². The van der Waals surface area contributed by atoms with E-state index >= 15 is 0 Å². The molecule has 1 amide bonds. The fraction of sp³-hybridized carbons (Fsp3) is 0.250. The van der Waals surface area contributed by atoms with Gasteiger partial charge < -0.3 is 4.74 Å². The highest BCUT2D eigenvalue weighted by Gasteiger charge is 2.08. The molecule has 1 rings (SSSR count). The smallest absolute Gasteiger partial charge is 0.354 e. The predicted octanol–water partition coefficient (Wildman–Crippen LogP) is 2.01.